The Bertz CT molecular complexity index is 368. The van der Waals surface area contributed by atoms with E-state index < -0.39 is 0 Å². The van der Waals surface area contributed by atoms with Crippen molar-refractivity contribution in [3.63, 3.8) is 0 Å². The maximum Gasteiger partial charge on any atom is 0.161 e. The highest BCUT2D eigenvalue weighted by atomic mass is 16.7. The minimum absolute atomic E-state index is 0.100. The monoisotopic (exact) mass is 326 g/mol. The molecule has 2 aliphatic rings. The van der Waals surface area contributed by atoms with E-state index in [1.54, 1.807) is 0 Å². The standard InChI is InChI=1S/C20H38O3/c1-9-17-13(5)11(3)15(7)20(22-17)23-19-14(6)12(4)16(8)21-18(19)10-2/h11-20H,9-10H2,1-8H3/t11?,12?,13-,14?,15?,16+,17?,18?,19-,20+/m1/s1. The van der Waals surface area contributed by atoms with Crippen molar-refractivity contribution in [2.75, 3.05) is 0 Å². The molecule has 3 heteroatoms. The van der Waals surface area contributed by atoms with Gasteiger partial charge in [-0.15, -0.1) is 0 Å². The van der Waals surface area contributed by atoms with Crippen molar-refractivity contribution in [3.8, 4) is 0 Å². The molecule has 2 fully saturated rings. The van der Waals surface area contributed by atoms with Crippen molar-refractivity contribution in [2.45, 2.75) is 98.9 Å². The van der Waals surface area contributed by atoms with E-state index in [0.29, 0.717) is 41.8 Å². The number of hydrogen-bond donors (Lipinski definition) is 0. The van der Waals surface area contributed by atoms with Crippen molar-refractivity contribution in [2.24, 2.45) is 29.6 Å². The lowest BCUT2D eigenvalue weighted by Gasteiger charge is -2.48. The zero-order chi connectivity index (χ0) is 17.3. The number of rotatable bonds is 4. The summed E-state index contributed by atoms with van der Waals surface area (Å²) < 4.78 is 19.2. The first-order valence-corrected chi connectivity index (χ1v) is 9.78. The molecule has 0 N–H and O–H groups in total. The predicted molar refractivity (Wildman–Crippen MR) is 94.3 cm³/mol. The molecule has 0 aromatic rings. The van der Waals surface area contributed by atoms with Gasteiger partial charge < -0.3 is 14.2 Å². The van der Waals surface area contributed by atoms with Gasteiger partial charge in [-0.25, -0.2) is 0 Å². The van der Waals surface area contributed by atoms with Gasteiger partial charge in [-0.1, -0.05) is 48.5 Å². The summed E-state index contributed by atoms with van der Waals surface area (Å²) in [6.07, 6.45) is 2.88. The fourth-order valence-electron chi connectivity index (χ4n) is 4.35. The van der Waals surface area contributed by atoms with Gasteiger partial charge in [-0.2, -0.15) is 0 Å². The molecule has 0 saturated carbocycles. The Labute approximate surface area is 143 Å². The van der Waals surface area contributed by atoms with Crippen LogP contribution in [0.2, 0.25) is 0 Å². The van der Waals surface area contributed by atoms with E-state index in [1.165, 1.54) is 0 Å². The van der Waals surface area contributed by atoms with Crippen molar-refractivity contribution < 1.29 is 14.2 Å². The Hall–Kier alpha value is -0.120. The minimum atomic E-state index is -0.100. The summed E-state index contributed by atoms with van der Waals surface area (Å²) in [5.74, 6) is 2.65. The normalized spacial score (nSPS) is 51.7. The first-order valence-electron chi connectivity index (χ1n) is 9.78. The van der Waals surface area contributed by atoms with E-state index in [0.717, 1.165) is 12.8 Å². The zero-order valence-electron chi connectivity index (χ0n) is 16.4. The van der Waals surface area contributed by atoms with Crippen LogP contribution in [0.1, 0.15) is 68.2 Å². The molecule has 0 aliphatic carbocycles. The molecule has 136 valence electrons. The van der Waals surface area contributed by atoms with Crippen LogP contribution < -0.4 is 0 Å². The summed E-state index contributed by atoms with van der Waals surface area (Å²) in [6, 6.07) is 0. The average Bonchev–Trinajstić information content (AvgIpc) is 2.55. The molecule has 23 heavy (non-hydrogen) atoms. The molecule has 3 nitrogen and oxygen atoms in total. The topological polar surface area (TPSA) is 27.7 Å². The second kappa shape index (κ2) is 7.84. The summed E-state index contributed by atoms with van der Waals surface area (Å²) in [5.41, 5.74) is 0. The van der Waals surface area contributed by atoms with Gasteiger partial charge in [0.15, 0.2) is 6.29 Å². The molecular weight excluding hydrogens is 288 g/mol. The Kier molecular flexibility index (Phi) is 6.55. The Balaban J connectivity index is 2.11. The Morgan fingerprint density at radius 3 is 1.83 bits per heavy atom. The van der Waals surface area contributed by atoms with Gasteiger partial charge in [0, 0.05) is 5.92 Å². The van der Waals surface area contributed by atoms with Crippen LogP contribution in [0.25, 0.3) is 0 Å². The van der Waals surface area contributed by atoms with Crippen molar-refractivity contribution in [1.82, 2.24) is 0 Å². The second-order valence-electron chi connectivity index (χ2n) is 8.14. The third kappa shape index (κ3) is 3.77. The molecule has 2 rings (SSSR count). The van der Waals surface area contributed by atoms with Gasteiger partial charge in [-0.3, -0.25) is 0 Å². The SMILES string of the molecule is CCC1O[C@@H](O[C@H]2C(CC)O[C@@H](C)C(C)C2C)C(C)C(C)[C@H]1C. The van der Waals surface area contributed by atoms with Crippen LogP contribution in [-0.2, 0) is 14.2 Å². The number of ether oxygens (including phenoxy) is 3. The fourth-order valence-corrected chi connectivity index (χ4v) is 4.35. The first-order chi connectivity index (χ1) is 10.8. The van der Waals surface area contributed by atoms with Crippen LogP contribution in [0.3, 0.4) is 0 Å². The molecule has 6 unspecified atom stereocenters. The first kappa shape index (κ1) is 19.2. The molecule has 10 atom stereocenters. The third-order valence-corrected chi connectivity index (χ3v) is 6.92. The quantitative estimate of drug-likeness (QED) is 0.736. The van der Waals surface area contributed by atoms with Crippen molar-refractivity contribution in [3.05, 3.63) is 0 Å². The van der Waals surface area contributed by atoms with E-state index in [4.69, 9.17) is 14.2 Å². The van der Waals surface area contributed by atoms with E-state index in [9.17, 15) is 0 Å². The second-order valence-corrected chi connectivity index (χ2v) is 8.14. The Morgan fingerprint density at radius 1 is 0.652 bits per heavy atom. The van der Waals surface area contributed by atoms with E-state index in [1.807, 2.05) is 0 Å². The van der Waals surface area contributed by atoms with Gasteiger partial charge in [0.2, 0.25) is 0 Å². The van der Waals surface area contributed by atoms with Gasteiger partial charge in [0.1, 0.15) is 0 Å². The van der Waals surface area contributed by atoms with Gasteiger partial charge in [0.25, 0.3) is 0 Å². The molecule has 2 heterocycles. The maximum absolute atomic E-state index is 6.58. The molecular formula is C20H38O3. The summed E-state index contributed by atoms with van der Waals surface area (Å²) in [5, 5.41) is 0. The van der Waals surface area contributed by atoms with Crippen molar-refractivity contribution in [1.29, 1.82) is 0 Å². The van der Waals surface area contributed by atoms with Crippen LogP contribution in [-0.4, -0.2) is 30.7 Å². The predicted octanol–water partition coefficient (Wildman–Crippen LogP) is 4.88. The van der Waals surface area contributed by atoms with Crippen LogP contribution in [0, 0.1) is 29.6 Å². The molecule has 0 aromatic heterocycles. The summed E-state index contributed by atoms with van der Waals surface area (Å²) in [6.45, 7) is 18.1. The van der Waals surface area contributed by atoms with Crippen LogP contribution in [0.15, 0.2) is 0 Å². The van der Waals surface area contributed by atoms with E-state index in [2.05, 4.69) is 55.4 Å². The van der Waals surface area contributed by atoms with Gasteiger partial charge in [-0.05, 0) is 43.4 Å². The molecule has 0 spiro atoms. The molecule has 2 aliphatic heterocycles. The van der Waals surface area contributed by atoms with E-state index in [-0.39, 0.29) is 18.5 Å². The lowest BCUT2D eigenvalue weighted by Crippen LogP contribution is -2.54. The zero-order valence-corrected chi connectivity index (χ0v) is 16.4. The summed E-state index contributed by atoms with van der Waals surface area (Å²) >= 11 is 0. The van der Waals surface area contributed by atoms with Gasteiger partial charge in [0.05, 0.1) is 24.4 Å². The highest BCUT2D eigenvalue weighted by Crippen LogP contribution is 2.40. The molecule has 0 bridgehead atoms. The minimum Gasteiger partial charge on any atom is -0.372 e. The van der Waals surface area contributed by atoms with E-state index >= 15 is 0 Å². The molecule has 0 aromatic carbocycles. The highest BCUT2D eigenvalue weighted by molar-refractivity contribution is 4.89. The molecule has 2 saturated heterocycles. The largest absolute Gasteiger partial charge is 0.372 e. The summed E-state index contributed by atoms with van der Waals surface area (Å²) in [4.78, 5) is 0. The van der Waals surface area contributed by atoms with Crippen LogP contribution >= 0.6 is 0 Å². The highest BCUT2D eigenvalue weighted by Gasteiger charge is 2.45. The third-order valence-electron chi connectivity index (χ3n) is 6.92. The summed E-state index contributed by atoms with van der Waals surface area (Å²) in [7, 11) is 0. The lowest BCUT2D eigenvalue weighted by molar-refractivity contribution is -0.299. The molecule has 0 amide bonds. The van der Waals surface area contributed by atoms with Crippen LogP contribution in [0.4, 0.5) is 0 Å². The molecule has 0 radical (unpaired) electrons. The average molecular weight is 327 g/mol. The lowest BCUT2D eigenvalue weighted by atomic mass is 9.77. The number of hydrogen-bond acceptors (Lipinski definition) is 3. The van der Waals surface area contributed by atoms with Gasteiger partial charge >= 0.3 is 0 Å². The Morgan fingerprint density at radius 2 is 1.26 bits per heavy atom. The smallest absolute Gasteiger partial charge is 0.161 e. The van der Waals surface area contributed by atoms with Crippen molar-refractivity contribution >= 4 is 0 Å². The fraction of sp³-hybridized carbons (Fsp3) is 1.00. The van der Waals surface area contributed by atoms with Crippen LogP contribution in [0.5, 0.6) is 0 Å². The maximum atomic E-state index is 6.58.